The van der Waals surface area contributed by atoms with Gasteiger partial charge in [0.25, 0.3) is 5.91 Å². The van der Waals surface area contributed by atoms with E-state index < -0.39 is 11.3 Å². The number of aromatic amines is 1. The molecule has 0 fully saturated rings. The van der Waals surface area contributed by atoms with Gasteiger partial charge in [0, 0.05) is 9.75 Å². The van der Waals surface area contributed by atoms with Gasteiger partial charge in [-0.15, -0.1) is 32.9 Å². The van der Waals surface area contributed by atoms with Gasteiger partial charge in [-0.3, -0.25) is 4.79 Å². The largest absolute Gasteiger partial charge is 0.365 e. The fourth-order valence-corrected chi connectivity index (χ4v) is 5.61. The number of nitrogens with two attached hydrogens (primary N) is 2. The predicted octanol–water partition coefficient (Wildman–Crippen LogP) is 1.20. The van der Waals surface area contributed by atoms with Crippen molar-refractivity contribution in [2.24, 2.45) is 11.5 Å². The van der Waals surface area contributed by atoms with E-state index in [2.05, 4.69) is 32.1 Å². The van der Waals surface area contributed by atoms with E-state index in [1.165, 1.54) is 16.2 Å². The highest BCUT2D eigenvalue weighted by molar-refractivity contribution is 7.14. The van der Waals surface area contributed by atoms with E-state index in [1.807, 2.05) is 6.07 Å². The molecule has 0 aromatic carbocycles. The van der Waals surface area contributed by atoms with Crippen LogP contribution in [-0.2, 0) is 18.3 Å². The van der Waals surface area contributed by atoms with Crippen molar-refractivity contribution in [1.29, 1.82) is 0 Å². The first-order valence-corrected chi connectivity index (χ1v) is 9.30. The standard InChI is InChI=1S/C15H16N6OS2/c16-5-4-15(14-18-20-21-19-14)8-3-6-23-10(8)1-2-11-9(15)7-12(24-11)13(17)22/h3,6-7H,1-2,4-5,16H2,(H2,17,22)(H,18,19,20,21). The topological polar surface area (TPSA) is 124 Å². The quantitative estimate of drug-likeness (QED) is 0.645. The van der Waals surface area contributed by atoms with Crippen LogP contribution in [0.3, 0.4) is 0 Å². The van der Waals surface area contributed by atoms with Gasteiger partial charge in [0.05, 0.1) is 10.3 Å². The first-order chi connectivity index (χ1) is 11.7. The van der Waals surface area contributed by atoms with Crippen molar-refractivity contribution in [2.75, 3.05) is 6.54 Å². The number of fused-ring (bicyclic) bond motifs is 2. The summed E-state index contributed by atoms with van der Waals surface area (Å²) in [6.45, 7) is 0.463. The molecule has 7 nitrogen and oxygen atoms in total. The van der Waals surface area contributed by atoms with Gasteiger partial charge in [0.2, 0.25) is 0 Å². The Bertz CT molecular complexity index is 884. The van der Waals surface area contributed by atoms with Crippen LogP contribution >= 0.6 is 22.7 Å². The summed E-state index contributed by atoms with van der Waals surface area (Å²) in [5.41, 5.74) is 13.1. The molecule has 3 aromatic rings. The molecule has 24 heavy (non-hydrogen) atoms. The van der Waals surface area contributed by atoms with Crippen LogP contribution in [0.2, 0.25) is 0 Å². The third kappa shape index (κ3) is 2.12. The number of nitrogens with one attached hydrogen (secondary N) is 1. The van der Waals surface area contributed by atoms with E-state index in [0.29, 0.717) is 23.7 Å². The summed E-state index contributed by atoms with van der Waals surface area (Å²) in [5.74, 6) is 0.179. The maximum absolute atomic E-state index is 11.7. The van der Waals surface area contributed by atoms with Gasteiger partial charge in [-0.25, -0.2) is 0 Å². The predicted molar refractivity (Wildman–Crippen MR) is 92.3 cm³/mol. The van der Waals surface area contributed by atoms with E-state index in [9.17, 15) is 4.79 Å². The van der Waals surface area contributed by atoms with Crippen LogP contribution < -0.4 is 11.5 Å². The fourth-order valence-electron chi connectivity index (χ4n) is 3.56. The monoisotopic (exact) mass is 360 g/mol. The van der Waals surface area contributed by atoms with Crippen LogP contribution in [0.15, 0.2) is 17.5 Å². The Morgan fingerprint density at radius 1 is 1.33 bits per heavy atom. The van der Waals surface area contributed by atoms with Crippen molar-refractivity contribution >= 4 is 28.6 Å². The SMILES string of the molecule is NCCC1(c2nn[nH]n2)c2ccsc2CCc2sc(C(N)=O)cc21. The average Bonchev–Trinajstić information content (AvgIpc) is 3.30. The van der Waals surface area contributed by atoms with Crippen LogP contribution in [0.1, 0.15) is 42.8 Å². The van der Waals surface area contributed by atoms with Crippen molar-refractivity contribution < 1.29 is 4.79 Å². The van der Waals surface area contributed by atoms with Gasteiger partial charge in [0.15, 0.2) is 5.82 Å². The second kappa shape index (κ2) is 5.76. The molecule has 0 saturated heterocycles. The number of primary amides is 1. The molecule has 1 aliphatic carbocycles. The minimum Gasteiger partial charge on any atom is -0.365 e. The summed E-state index contributed by atoms with van der Waals surface area (Å²) < 4.78 is 0. The van der Waals surface area contributed by atoms with Crippen LogP contribution in [0.25, 0.3) is 0 Å². The third-order valence-corrected chi connectivity index (χ3v) is 6.73. The van der Waals surface area contributed by atoms with E-state index >= 15 is 0 Å². The molecule has 9 heteroatoms. The second-order valence-electron chi connectivity index (χ2n) is 5.75. The van der Waals surface area contributed by atoms with Gasteiger partial charge in [-0.1, -0.05) is 5.21 Å². The minimum atomic E-state index is -0.590. The lowest BCUT2D eigenvalue weighted by Crippen LogP contribution is -2.33. The molecule has 0 aliphatic heterocycles. The molecular formula is C15H16N6OS2. The van der Waals surface area contributed by atoms with Gasteiger partial charge in [-0.05, 0) is 54.4 Å². The Labute approximate surface area is 146 Å². The van der Waals surface area contributed by atoms with Crippen molar-refractivity contribution in [3.63, 3.8) is 0 Å². The van der Waals surface area contributed by atoms with Crippen LogP contribution in [-0.4, -0.2) is 33.1 Å². The Balaban J connectivity index is 2.05. The maximum atomic E-state index is 11.7. The summed E-state index contributed by atoms with van der Waals surface area (Å²) in [5, 5.41) is 17.0. The van der Waals surface area contributed by atoms with Gasteiger partial charge >= 0.3 is 0 Å². The number of H-pyrrole nitrogens is 1. The number of tetrazole rings is 1. The number of aryl methyl sites for hydroxylation is 2. The zero-order valence-electron chi connectivity index (χ0n) is 12.8. The molecule has 0 saturated carbocycles. The zero-order chi connectivity index (χ0) is 16.7. The van der Waals surface area contributed by atoms with E-state index in [4.69, 9.17) is 11.5 Å². The number of carbonyl (C=O) groups excluding carboxylic acids is 1. The highest BCUT2D eigenvalue weighted by Crippen LogP contribution is 2.48. The molecule has 124 valence electrons. The van der Waals surface area contributed by atoms with Crippen molar-refractivity contribution in [3.05, 3.63) is 49.1 Å². The van der Waals surface area contributed by atoms with E-state index in [1.54, 1.807) is 11.3 Å². The van der Waals surface area contributed by atoms with Crippen LogP contribution in [0, 0.1) is 0 Å². The lowest BCUT2D eigenvalue weighted by molar-refractivity contribution is 0.100. The molecule has 1 unspecified atom stereocenters. The number of nitrogens with zero attached hydrogens (tertiary/aromatic N) is 3. The number of rotatable bonds is 4. The summed E-state index contributed by atoms with van der Waals surface area (Å²) in [6.07, 6.45) is 2.42. The first kappa shape index (κ1) is 15.4. The fraction of sp³-hybridized carbons (Fsp3) is 0.333. The summed E-state index contributed by atoms with van der Waals surface area (Å²) >= 11 is 3.19. The highest BCUT2D eigenvalue weighted by atomic mass is 32.1. The Hall–Kier alpha value is -2.10. The van der Waals surface area contributed by atoms with Crippen LogP contribution in [0.5, 0.6) is 0 Å². The van der Waals surface area contributed by atoms with Crippen LogP contribution in [0.4, 0.5) is 0 Å². The zero-order valence-corrected chi connectivity index (χ0v) is 14.4. The molecule has 0 bridgehead atoms. The number of amides is 1. The van der Waals surface area contributed by atoms with Crippen molar-refractivity contribution in [1.82, 2.24) is 20.6 Å². The summed E-state index contributed by atoms with van der Waals surface area (Å²) in [7, 11) is 0. The Morgan fingerprint density at radius 3 is 2.88 bits per heavy atom. The summed E-state index contributed by atoms with van der Waals surface area (Å²) in [6, 6.07) is 4.00. The Morgan fingerprint density at radius 2 is 2.17 bits per heavy atom. The van der Waals surface area contributed by atoms with Gasteiger partial charge in [0.1, 0.15) is 0 Å². The molecule has 5 N–H and O–H groups in total. The molecule has 3 aromatic heterocycles. The number of hydrogen-bond donors (Lipinski definition) is 3. The lowest BCUT2D eigenvalue weighted by Gasteiger charge is -2.30. The van der Waals surface area contributed by atoms with Gasteiger partial charge in [-0.2, -0.15) is 5.21 Å². The maximum Gasteiger partial charge on any atom is 0.258 e. The molecule has 4 rings (SSSR count). The summed E-state index contributed by atoms with van der Waals surface area (Å²) in [4.78, 5) is 14.7. The third-order valence-electron chi connectivity index (χ3n) is 4.54. The second-order valence-corrected chi connectivity index (χ2v) is 7.89. The molecule has 1 atom stereocenters. The number of aromatic nitrogens is 4. The smallest absolute Gasteiger partial charge is 0.258 e. The molecule has 0 radical (unpaired) electrons. The normalized spacial score (nSPS) is 19.5. The number of hydrogen-bond acceptors (Lipinski definition) is 7. The molecule has 1 amide bonds. The molecular weight excluding hydrogens is 344 g/mol. The van der Waals surface area contributed by atoms with Crippen molar-refractivity contribution in [3.8, 4) is 0 Å². The van der Waals surface area contributed by atoms with E-state index in [-0.39, 0.29) is 0 Å². The minimum absolute atomic E-state index is 0.409. The van der Waals surface area contributed by atoms with Crippen molar-refractivity contribution in [2.45, 2.75) is 24.7 Å². The molecule has 3 heterocycles. The molecule has 1 aliphatic rings. The lowest BCUT2D eigenvalue weighted by atomic mass is 9.72. The first-order valence-electron chi connectivity index (χ1n) is 7.60. The highest BCUT2D eigenvalue weighted by Gasteiger charge is 2.45. The number of thiophene rings is 2. The Kier molecular flexibility index (Phi) is 3.70. The number of carbonyl (C=O) groups is 1. The average molecular weight is 360 g/mol. The molecule has 0 spiro atoms. The van der Waals surface area contributed by atoms with Gasteiger partial charge < -0.3 is 11.5 Å². The van der Waals surface area contributed by atoms with E-state index in [0.717, 1.165) is 28.8 Å².